The van der Waals surface area contributed by atoms with Crippen molar-refractivity contribution < 1.29 is 27.1 Å². The molecule has 0 unspecified atom stereocenters. The summed E-state index contributed by atoms with van der Waals surface area (Å²) < 4.78 is 47.3. The third-order valence-electron chi connectivity index (χ3n) is 3.85. The average Bonchev–Trinajstić information content (AvgIpc) is 3.10. The number of carbonyl (C=O) groups is 1. The van der Waals surface area contributed by atoms with Crippen molar-refractivity contribution in [1.82, 2.24) is 15.2 Å². The molecule has 0 saturated heterocycles. The fourth-order valence-corrected chi connectivity index (χ4v) is 2.34. The van der Waals surface area contributed by atoms with Crippen LogP contribution in [-0.4, -0.2) is 27.3 Å². The summed E-state index contributed by atoms with van der Waals surface area (Å²) in [6.45, 7) is 6.25. The van der Waals surface area contributed by atoms with Crippen molar-refractivity contribution in [3.05, 3.63) is 48.2 Å². The van der Waals surface area contributed by atoms with E-state index in [1.807, 2.05) is 24.3 Å². The van der Waals surface area contributed by atoms with Crippen molar-refractivity contribution in [1.29, 1.82) is 0 Å². The van der Waals surface area contributed by atoms with Gasteiger partial charge in [0.25, 0.3) is 5.89 Å². The van der Waals surface area contributed by atoms with Crippen LogP contribution < -0.4 is 4.74 Å². The summed E-state index contributed by atoms with van der Waals surface area (Å²) in [5.74, 6) is -2.89. The van der Waals surface area contributed by atoms with Crippen LogP contribution in [0, 0.1) is 0 Å². The SMILES string of the molecule is CC(C)(C)c1ccc(-c2nnc(-c3cccnc3OC(=O)C(F)(F)F)o2)cc1. The summed E-state index contributed by atoms with van der Waals surface area (Å²) in [5, 5.41) is 7.75. The Bertz CT molecular complexity index is 990. The quantitative estimate of drug-likeness (QED) is 0.609. The molecule has 6 nitrogen and oxygen atoms in total. The van der Waals surface area contributed by atoms with Crippen LogP contribution in [-0.2, 0) is 10.2 Å². The second-order valence-electron chi connectivity index (χ2n) is 6.98. The highest BCUT2D eigenvalue weighted by atomic mass is 19.4. The van der Waals surface area contributed by atoms with Crippen LogP contribution in [0.25, 0.3) is 22.9 Å². The van der Waals surface area contributed by atoms with Crippen molar-refractivity contribution in [3.8, 4) is 28.8 Å². The standard InChI is InChI=1S/C19H16F3N3O3/c1-18(2,3)12-8-6-11(7-9-12)14-24-25-16(27-14)13-5-4-10-23-15(13)28-17(26)19(20,21)22/h4-10H,1-3H3. The van der Waals surface area contributed by atoms with Crippen molar-refractivity contribution in [2.45, 2.75) is 32.4 Å². The van der Waals surface area contributed by atoms with Gasteiger partial charge in [0, 0.05) is 11.8 Å². The first-order valence-corrected chi connectivity index (χ1v) is 8.24. The van der Waals surface area contributed by atoms with E-state index in [0.717, 1.165) is 5.56 Å². The van der Waals surface area contributed by atoms with Gasteiger partial charge in [0.1, 0.15) is 5.56 Å². The molecule has 0 N–H and O–H groups in total. The van der Waals surface area contributed by atoms with E-state index in [0.29, 0.717) is 5.56 Å². The van der Waals surface area contributed by atoms with Gasteiger partial charge in [-0.2, -0.15) is 13.2 Å². The number of hydrogen-bond acceptors (Lipinski definition) is 6. The molecule has 2 heterocycles. The Labute approximate surface area is 158 Å². The topological polar surface area (TPSA) is 78.1 Å². The van der Waals surface area contributed by atoms with Gasteiger partial charge in [-0.3, -0.25) is 0 Å². The molecule has 146 valence electrons. The van der Waals surface area contributed by atoms with Crippen LogP contribution in [0.5, 0.6) is 5.88 Å². The fourth-order valence-electron chi connectivity index (χ4n) is 2.34. The van der Waals surface area contributed by atoms with Gasteiger partial charge in [0.15, 0.2) is 0 Å². The lowest BCUT2D eigenvalue weighted by molar-refractivity contribution is -0.189. The smallest absolute Gasteiger partial charge is 0.416 e. The maximum absolute atomic E-state index is 12.5. The van der Waals surface area contributed by atoms with Gasteiger partial charge in [-0.05, 0) is 35.2 Å². The maximum atomic E-state index is 12.5. The predicted molar refractivity (Wildman–Crippen MR) is 93.4 cm³/mol. The highest BCUT2D eigenvalue weighted by Gasteiger charge is 2.42. The normalized spacial score (nSPS) is 12.1. The molecule has 0 atom stereocenters. The van der Waals surface area contributed by atoms with E-state index in [1.165, 1.54) is 18.3 Å². The zero-order valence-electron chi connectivity index (χ0n) is 15.2. The van der Waals surface area contributed by atoms with Gasteiger partial charge in [0.05, 0.1) is 0 Å². The van der Waals surface area contributed by atoms with Gasteiger partial charge in [-0.25, -0.2) is 9.78 Å². The summed E-state index contributed by atoms with van der Waals surface area (Å²) in [6, 6.07) is 10.3. The number of rotatable bonds is 3. The lowest BCUT2D eigenvalue weighted by Crippen LogP contribution is -2.28. The summed E-state index contributed by atoms with van der Waals surface area (Å²) in [4.78, 5) is 14.8. The molecule has 0 aliphatic rings. The predicted octanol–water partition coefficient (Wildman–Crippen LogP) is 4.56. The van der Waals surface area contributed by atoms with Crippen molar-refractivity contribution in [2.24, 2.45) is 0 Å². The number of pyridine rings is 1. The van der Waals surface area contributed by atoms with Gasteiger partial charge in [0.2, 0.25) is 11.8 Å². The molecular weight excluding hydrogens is 375 g/mol. The molecule has 0 radical (unpaired) electrons. The Balaban J connectivity index is 1.90. The van der Waals surface area contributed by atoms with E-state index in [4.69, 9.17) is 4.42 Å². The highest BCUT2D eigenvalue weighted by Crippen LogP contribution is 2.31. The number of ether oxygens (including phenoxy) is 1. The summed E-state index contributed by atoms with van der Waals surface area (Å²) in [6.07, 6.45) is -3.96. The molecular formula is C19H16F3N3O3. The number of halogens is 3. The van der Waals surface area contributed by atoms with E-state index in [1.54, 1.807) is 0 Å². The Morgan fingerprint density at radius 3 is 2.25 bits per heavy atom. The number of hydrogen-bond donors (Lipinski definition) is 0. The highest BCUT2D eigenvalue weighted by molar-refractivity contribution is 5.79. The van der Waals surface area contributed by atoms with Gasteiger partial charge in [-0.1, -0.05) is 32.9 Å². The lowest BCUT2D eigenvalue weighted by atomic mass is 9.87. The van der Waals surface area contributed by atoms with E-state index in [-0.39, 0.29) is 22.8 Å². The van der Waals surface area contributed by atoms with Crippen LogP contribution in [0.2, 0.25) is 0 Å². The van der Waals surface area contributed by atoms with E-state index >= 15 is 0 Å². The minimum absolute atomic E-state index is 0.0223. The number of nitrogens with zero attached hydrogens (tertiary/aromatic N) is 3. The molecule has 9 heteroatoms. The van der Waals surface area contributed by atoms with Crippen LogP contribution in [0.3, 0.4) is 0 Å². The zero-order valence-corrected chi connectivity index (χ0v) is 15.2. The molecule has 3 aromatic rings. The Morgan fingerprint density at radius 2 is 1.64 bits per heavy atom. The Kier molecular flexibility index (Phi) is 4.93. The van der Waals surface area contributed by atoms with Gasteiger partial charge < -0.3 is 9.15 Å². The van der Waals surface area contributed by atoms with E-state index in [2.05, 4.69) is 40.7 Å². The van der Waals surface area contributed by atoms with Crippen molar-refractivity contribution in [3.63, 3.8) is 0 Å². The molecule has 0 amide bonds. The second kappa shape index (κ2) is 7.06. The second-order valence-corrected chi connectivity index (χ2v) is 6.98. The molecule has 0 aliphatic carbocycles. The number of alkyl halides is 3. The number of esters is 1. The minimum Gasteiger partial charge on any atom is -0.416 e. The van der Waals surface area contributed by atoms with Crippen LogP contribution in [0.15, 0.2) is 47.0 Å². The van der Waals surface area contributed by atoms with E-state index < -0.39 is 18.0 Å². The number of aromatic nitrogens is 3. The molecule has 0 fully saturated rings. The zero-order chi connectivity index (χ0) is 20.5. The molecule has 0 saturated carbocycles. The molecule has 0 spiro atoms. The van der Waals surface area contributed by atoms with Crippen LogP contribution in [0.4, 0.5) is 13.2 Å². The maximum Gasteiger partial charge on any atom is 0.491 e. The van der Waals surface area contributed by atoms with Gasteiger partial charge >= 0.3 is 12.1 Å². The number of carbonyl (C=O) groups excluding carboxylic acids is 1. The first kappa shape index (κ1) is 19.5. The molecule has 2 aromatic heterocycles. The third-order valence-corrected chi connectivity index (χ3v) is 3.85. The van der Waals surface area contributed by atoms with Gasteiger partial charge in [-0.15, -0.1) is 10.2 Å². The molecule has 28 heavy (non-hydrogen) atoms. The first-order chi connectivity index (χ1) is 13.1. The lowest BCUT2D eigenvalue weighted by Gasteiger charge is -2.18. The first-order valence-electron chi connectivity index (χ1n) is 8.24. The average molecular weight is 391 g/mol. The van der Waals surface area contributed by atoms with E-state index in [9.17, 15) is 18.0 Å². The summed E-state index contributed by atoms with van der Waals surface area (Å²) in [5.41, 5.74) is 1.71. The third kappa shape index (κ3) is 4.19. The Morgan fingerprint density at radius 1 is 1.00 bits per heavy atom. The molecule has 0 aliphatic heterocycles. The fraction of sp³-hybridized carbons (Fsp3) is 0.263. The molecule has 3 rings (SSSR count). The van der Waals surface area contributed by atoms with Crippen LogP contribution in [0.1, 0.15) is 26.3 Å². The molecule has 0 bridgehead atoms. The van der Waals surface area contributed by atoms with Crippen molar-refractivity contribution in [2.75, 3.05) is 0 Å². The van der Waals surface area contributed by atoms with Crippen molar-refractivity contribution >= 4 is 5.97 Å². The number of benzene rings is 1. The van der Waals surface area contributed by atoms with Crippen LogP contribution >= 0.6 is 0 Å². The Hall–Kier alpha value is -3.23. The molecule has 1 aromatic carbocycles. The minimum atomic E-state index is -5.15. The summed E-state index contributed by atoms with van der Waals surface area (Å²) in [7, 11) is 0. The summed E-state index contributed by atoms with van der Waals surface area (Å²) >= 11 is 0. The monoisotopic (exact) mass is 391 g/mol. The largest absolute Gasteiger partial charge is 0.491 e.